The fraction of sp³-hybridized carbons (Fsp3) is 0.300. The highest BCUT2D eigenvalue weighted by Gasteiger charge is 2.35. The maximum absolute atomic E-state index is 12.5. The highest BCUT2D eigenvalue weighted by Crippen LogP contribution is 2.29. The van der Waals surface area contributed by atoms with Crippen molar-refractivity contribution in [1.29, 1.82) is 0 Å². The van der Waals surface area contributed by atoms with Gasteiger partial charge in [-0.05, 0) is 49.2 Å². The second-order valence-corrected chi connectivity index (χ2v) is 6.66. The van der Waals surface area contributed by atoms with E-state index in [2.05, 4.69) is 5.32 Å². The Morgan fingerprint density at radius 2 is 1.59 bits per heavy atom. The number of benzene rings is 2. The minimum Gasteiger partial charge on any atom is -0.457 e. The fourth-order valence-electron chi connectivity index (χ4n) is 3.16. The molecular weight excluding hydrogens is 366 g/mol. The van der Waals surface area contributed by atoms with Crippen molar-refractivity contribution in [3.8, 4) is 11.5 Å². The number of primary amides is 1. The molecule has 0 heterocycles. The van der Waals surface area contributed by atoms with Crippen molar-refractivity contribution in [3.63, 3.8) is 0 Å². The first kappa shape index (κ1) is 20.7. The van der Waals surface area contributed by atoms with Crippen molar-refractivity contribution in [2.24, 2.45) is 11.5 Å². The first-order chi connectivity index (χ1) is 12.5. The van der Waals surface area contributed by atoms with Crippen LogP contribution in [0.2, 0.25) is 0 Å². The molecule has 0 bridgehead atoms. The molecule has 0 atom stereocenters. The van der Waals surface area contributed by atoms with Crippen LogP contribution >= 0.6 is 12.4 Å². The molecule has 0 aromatic heterocycles. The number of para-hydroxylation sites is 1. The van der Waals surface area contributed by atoms with Crippen molar-refractivity contribution < 1.29 is 14.3 Å². The van der Waals surface area contributed by atoms with Crippen molar-refractivity contribution >= 4 is 29.9 Å². The summed E-state index contributed by atoms with van der Waals surface area (Å²) in [6, 6.07) is 13.7. The van der Waals surface area contributed by atoms with Gasteiger partial charge in [0, 0.05) is 5.69 Å². The van der Waals surface area contributed by atoms with Crippen LogP contribution in [0.3, 0.4) is 0 Å². The van der Waals surface area contributed by atoms with Gasteiger partial charge in [-0.1, -0.05) is 31.4 Å². The molecule has 0 saturated heterocycles. The topological polar surface area (TPSA) is 107 Å². The second kappa shape index (κ2) is 8.88. The smallest absolute Gasteiger partial charge is 0.252 e. The van der Waals surface area contributed by atoms with E-state index in [0.29, 0.717) is 35.6 Å². The lowest BCUT2D eigenvalue weighted by atomic mass is 9.82. The molecule has 2 aromatic rings. The predicted octanol–water partition coefficient (Wildman–Crippen LogP) is 3.60. The lowest BCUT2D eigenvalue weighted by Gasteiger charge is -2.31. The van der Waals surface area contributed by atoms with Gasteiger partial charge in [-0.2, -0.15) is 0 Å². The summed E-state index contributed by atoms with van der Waals surface area (Å²) in [7, 11) is 0. The molecule has 1 saturated carbocycles. The predicted molar refractivity (Wildman–Crippen MR) is 107 cm³/mol. The molecule has 1 aliphatic rings. The third kappa shape index (κ3) is 4.99. The van der Waals surface area contributed by atoms with Gasteiger partial charge in [-0.25, -0.2) is 0 Å². The summed E-state index contributed by atoms with van der Waals surface area (Å²) in [6.07, 6.45) is 4.52. The van der Waals surface area contributed by atoms with Gasteiger partial charge in [0.2, 0.25) is 5.91 Å². The van der Waals surface area contributed by atoms with E-state index in [1.54, 1.807) is 48.5 Å². The minimum atomic E-state index is -0.784. The maximum atomic E-state index is 12.5. The van der Waals surface area contributed by atoms with Crippen molar-refractivity contribution in [2.75, 3.05) is 5.32 Å². The molecule has 144 valence electrons. The lowest BCUT2D eigenvalue weighted by Crippen LogP contribution is -2.52. The Hall–Kier alpha value is -2.57. The largest absolute Gasteiger partial charge is 0.457 e. The van der Waals surface area contributed by atoms with E-state index < -0.39 is 11.4 Å². The molecule has 1 fully saturated rings. The van der Waals surface area contributed by atoms with Gasteiger partial charge in [0.1, 0.15) is 11.5 Å². The quantitative estimate of drug-likeness (QED) is 0.725. The van der Waals surface area contributed by atoms with E-state index >= 15 is 0 Å². The number of nitrogens with two attached hydrogens (primary N) is 2. The Balaban J connectivity index is 0.00000261. The SMILES string of the molecule is Cl.NC(=O)c1ccccc1Oc1ccc(NC(=O)C2(N)CCCCC2)cc1. The maximum Gasteiger partial charge on any atom is 0.252 e. The van der Waals surface area contributed by atoms with E-state index in [1.165, 1.54) is 0 Å². The number of ether oxygens (including phenoxy) is 1. The molecule has 0 radical (unpaired) electrons. The molecule has 2 amide bonds. The molecule has 0 aliphatic heterocycles. The summed E-state index contributed by atoms with van der Waals surface area (Å²) in [5, 5.41) is 2.88. The van der Waals surface area contributed by atoms with Gasteiger partial charge in [0.15, 0.2) is 0 Å². The summed E-state index contributed by atoms with van der Waals surface area (Å²) < 4.78 is 5.73. The van der Waals surface area contributed by atoms with Gasteiger partial charge in [-0.3, -0.25) is 9.59 Å². The molecule has 3 rings (SSSR count). The average molecular weight is 390 g/mol. The zero-order valence-electron chi connectivity index (χ0n) is 14.9. The molecule has 5 N–H and O–H groups in total. The third-order valence-corrected chi connectivity index (χ3v) is 4.69. The first-order valence-corrected chi connectivity index (χ1v) is 8.75. The zero-order chi connectivity index (χ0) is 18.6. The monoisotopic (exact) mass is 389 g/mol. The standard InChI is InChI=1S/C20H23N3O3.ClH/c21-18(24)16-6-2-3-7-17(16)26-15-10-8-14(9-11-15)23-19(25)20(22)12-4-1-5-13-20;/h2-3,6-11H,1,4-5,12-13,22H2,(H2,21,24)(H,23,25);1H. The summed E-state index contributed by atoms with van der Waals surface area (Å²) >= 11 is 0. The molecule has 1 aliphatic carbocycles. The third-order valence-electron chi connectivity index (χ3n) is 4.69. The van der Waals surface area contributed by atoms with Gasteiger partial charge >= 0.3 is 0 Å². The highest BCUT2D eigenvalue weighted by molar-refractivity contribution is 5.98. The van der Waals surface area contributed by atoms with Crippen LogP contribution in [0.25, 0.3) is 0 Å². The number of nitrogens with one attached hydrogen (secondary N) is 1. The van der Waals surface area contributed by atoms with E-state index in [1.807, 2.05) is 0 Å². The van der Waals surface area contributed by atoms with Crippen LogP contribution in [0.15, 0.2) is 48.5 Å². The van der Waals surface area contributed by atoms with Crippen molar-refractivity contribution in [1.82, 2.24) is 0 Å². The van der Waals surface area contributed by atoms with Crippen LogP contribution in [0.5, 0.6) is 11.5 Å². The fourth-order valence-corrected chi connectivity index (χ4v) is 3.16. The Morgan fingerprint density at radius 1 is 0.963 bits per heavy atom. The summed E-state index contributed by atoms with van der Waals surface area (Å²) in [5.74, 6) is 0.229. The summed E-state index contributed by atoms with van der Waals surface area (Å²) in [6.45, 7) is 0. The van der Waals surface area contributed by atoms with Gasteiger partial charge in [-0.15, -0.1) is 12.4 Å². The van der Waals surface area contributed by atoms with Crippen molar-refractivity contribution in [2.45, 2.75) is 37.6 Å². The summed E-state index contributed by atoms with van der Waals surface area (Å²) in [5.41, 5.74) is 11.8. The van der Waals surface area contributed by atoms with E-state index in [0.717, 1.165) is 19.3 Å². The van der Waals surface area contributed by atoms with E-state index in [-0.39, 0.29) is 18.3 Å². The number of carbonyl (C=O) groups is 2. The first-order valence-electron chi connectivity index (χ1n) is 8.75. The van der Waals surface area contributed by atoms with Gasteiger partial charge in [0.05, 0.1) is 11.1 Å². The second-order valence-electron chi connectivity index (χ2n) is 6.66. The Kier molecular flexibility index (Phi) is 6.82. The number of halogens is 1. The summed E-state index contributed by atoms with van der Waals surface area (Å²) in [4.78, 5) is 23.9. The van der Waals surface area contributed by atoms with Crippen LogP contribution in [0.1, 0.15) is 42.5 Å². The Morgan fingerprint density at radius 3 is 2.22 bits per heavy atom. The van der Waals surface area contributed by atoms with Crippen LogP contribution in [0.4, 0.5) is 5.69 Å². The number of rotatable bonds is 5. The molecule has 0 unspecified atom stereocenters. The van der Waals surface area contributed by atoms with E-state index in [9.17, 15) is 9.59 Å². The molecule has 2 aromatic carbocycles. The molecule has 7 heteroatoms. The van der Waals surface area contributed by atoms with Crippen LogP contribution in [-0.2, 0) is 4.79 Å². The van der Waals surface area contributed by atoms with Crippen molar-refractivity contribution in [3.05, 3.63) is 54.1 Å². The van der Waals surface area contributed by atoms with Crippen LogP contribution < -0.4 is 21.5 Å². The number of carbonyl (C=O) groups excluding carboxylic acids is 2. The Bertz CT molecular complexity index is 802. The normalized spacial score (nSPS) is 15.3. The number of hydrogen-bond acceptors (Lipinski definition) is 4. The minimum absolute atomic E-state index is 0. The molecule has 0 spiro atoms. The number of anilines is 1. The van der Waals surface area contributed by atoms with Gasteiger partial charge in [0.25, 0.3) is 5.91 Å². The lowest BCUT2D eigenvalue weighted by molar-refractivity contribution is -0.122. The van der Waals surface area contributed by atoms with E-state index in [4.69, 9.17) is 16.2 Å². The zero-order valence-corrected chi connectivity index (χ0v) is 15.8. The Labute approximate surface area is 164 Å². The molecular formula is C20H24ClN3O3. The van der Waals surface area contributed by atoms with Crippen LogP contribution in [-0.4, -0.2) is 17.4 Å². The van der Waals surface area contributed by atoms with Gasteiger partial charge < -0.3 is 21.5 Å². The van der Waals surface area contributed by atoms with Crippen LogP contribution in [0, 0.1) is 0 Å². The molecule has 6 nitrogen and oxygen atoms in total. The average Bonchev–Trinajstić information content (AvgIpc) is 2.64. The molecule has 27 heavy (non-hydrogen) atoms. The number of hydrogen-bond donors (Lipinski definition) is 3. The number of amides is 2. The highest BCUT2D eigenvalue weighted by atomic mass is 35.5.